The molecule has 1 unspecified atom stereocenters. The normalized spacial score (nSPS) is 20.6. The number of nitriles is 1. The van der Waals surface area contributed by atoms with Crippen molar-refractivity contribution in [2.45, 2.75) is 25.7 Å². The lowest BCUT2D eigenvalue weighted by molar-refractivity contribution is -0.122. The van der Waals surface area contributed by atoms with Gasteiger partial charge in [0.15, 0.2) is 0 Å². The monoisotopic (exact) mass is 318 g/mol. The number of likely N-dealkylation sites (tertiary alicyclic amines) is 1. The van der Waals surface area contributed by atoms with Crippen molar-refractivity contribution in [1.82, 2.24) is 4.90 Å². The number of primary amides is 1. The Morgan fingerprint density at radius 3 is 2.95 bits per heavy atom. The molecule has 1 saturated heterocycles. The zero-order valence-corrected chi connectivity index (χ0v) is 13.0. The van der Waals surface area contributed by atoms with Crippen LogP contribution in [-0.2, 0) is 22.4 Å². The van der Waals surface area contributed by atoms with E-state index in [1.165, 1.54) is 16.2 Å². The highest BCUT2D eigenvalue weighted by Gasteiger charge is 2.28. The van der Waals surface area contributed by atoms with Crippen LogP contribution in [0.15, 0.2) is 0 Å². The molecule has 0 bridgehead atoms. The Kier molecular flexibility index (Phi) is 4.14. The molecule has 1 atom stereocenters. The van der Waals surface area contributed by atoms with Crippen molar-refractivity contribution in [2.75, 3.05) is 25.0 Å². The Morgan fingerprint density at radius 1 is 1.45 bits per heavy atom. The second-order valence-corrected chi connectivity index (χ2v) is 6.95. The maximum absolute atomic E-state index is 12.2. The summed E-state index contributed by atoms with van der Waals surface area (Å²) in [6.45, 7) is 1.47. The van der Waals surface area contributed by atoms with Gasteiger partial charge in [-0.25, -0.2) is 0 Å². The molecule has 2 aliphatic rings. The van der Waals surface area contributed by atoms with Gasteiger partial charge in [0, 0.05) is 11.4 Å². The quantitative estimate of drug-likeness (QED) is 0.860. The molecule has 2 heterocycles. The predicted octanol–water partition coefficient (Wildman–Crippen LogP) is 0.854. The van der Waals surface area contributed by atoms with Crippen LogP contribution in [-0.4, -0.2) is 36.3 Å². The van der Waals surface area contributed by atoms with Gasteiger partial charge in [-0.1, -0.05) is 0 Å². The smallest absolute Gasteiger partial charge is 0.239 e. The Morgan fingerprint density at radius 2 is 2.27 bits per heavy atom. The Balaban J connectivity index is 1.61. The first kappa shape index (κ1) is 15.0. The average molecular weight is 318 g/mol. The van der Waals surface area contributed by atoms with E-state index in [9.17, 15) is 14.9 Å². The fourth-order valence-electron chi connectivity index (χ4n) is 3.19. The minimum atomic E-state index is -0.302. The molecule has 6 nitrogen and oxygen atoms in total. The number of carbonyl (C=O) groups is 2. The van der Waals surface area contributed by atoms with Crippen LogP contribution in [0.3, 0.4) is 0 Å². The van der Waals surface area contributed by atoms with E-state index in [2.05, 4.69) is 11.4 Å². The van der Waals surface area contributed by atoms with Gasteiger partial charge in [0.05, 0.1) is 18.0 Å². The van der Waals surface area contributed by atoms with Crippen LogP contribution in [0.2, 0.25) is 0 Å². The van der Waals surface area contributed by atoms with Gasteiger partial charge in [-0.3, -0.25) is 14.5 Å². The number of thiophene rings is 1. The number of hydrogen-bond donors (Lipinski definition) is 2. The Hall–Kier alpha value is -1.91. The lowest BCUT2D eigenvalue weighted by Gasteiger charge is -2.14. The van der Waals surface area contributed by atoms with Crippen LogP contribution in [0.1, 0.15) is 28.8 Å². The van der Waals surface area contributed by atoms with Crippen molar-refractivity contribution in [1.29, 1.82) is 5.26 Å². The summed E-state index contributed by atoms with van der Waals surface area (Å²) in [5, 5.41) is 12.8. The van der Waals surface area contributed by atoms with Gasteiger partial charge in [0.2, 0.25) is 11.8 Å². The van der Waals surface area contributed by atoms with Gasteiger partial charge in [0.1, 0.15) is 11.1 Å². The molecule has 1 aromatic heterocycles. The van der Waals surface area contributed by atoms with E-state index in [0.717, 1.165) is 24.8 Å². The first-order valence-corrected chi connectivity index (χ1v) is 8.26. The number of nitrogens with one attached hydrogen (secondary N) is 1. The number of rotatable bonds is 4. The topological polar surface area (TPSA) is 99.2 Å². The SMILES string of the molecule is N#Cc1c(NC(=O)CN2CCC(C(N)=O)C2)sc2c1CCC2. The molecule has 1 aliphatic carbocycles. The van der Waals surface area contributed by atoms with Gasteiger partial charge in [0.25, 0.3) is 0 Å². The highest BCUT2D eigenvalue weighted by atomic mass is 32.1. The number of amides is 2. The van der Waals surface area contributed by atoms with Crippen molar-refractivity contribution in [3.63, 3.8) is 0 Å². The third-order valence-electron chi connectivity index (χ3n) is 4.33. The molecule has 116 valence electrons. The highest BCUT2D eigenvalue weighted by Crippen LogP contribution is 2.38. The Bertz CT molecular complexity index is 661. The summed E-state index contributed by atoms with van der Waals surface area (Å²) >= 11 is 1.52. The van der Waals surface area contributed by atoms with Crippen LogP contribution in [0.5, 0.6) is 0 Å². The van der Waals surface area contributed by atoms with Crippen LogP contribution in [0, 0.1) is 17.2 Å². The molecule has 1 fully saturated rings. The van der Waals surface area contributed by atoms with Crippen LogP contribution in [0.4, 0.5) is 5.00 Å². The van der Waals surface area contributed by atoms with Gasteiger partial charge >= 0.3 is 0 Å². The van der Waals surface area contributed by atoms with E-state index < -0.39 is 0 Å². The first-order chi connectivity index (χ1) is 10.6. The molecule has 1 aromatic rings. The van der Waals surface area contributed by atoms with E-state index in [-0.39, 0.29) is 24.3 Å². The maximum Gasteiger partial charge on any atom is 0.239 e. The van der Waals surface area contributed by atoms with E-state index in [0.29, 0.717) is 30.1 Å². The minimum Gasteiger partial charge on any atom is -0.369 e. The third kappa shape index (κ3) is 2.85. The standard InChI is InChI=1S/C15H18N4O2S/c16-6-11-10-2-1-3-12(10)22-15(11)18-13(20)8-19-5-4-9(7-19)14(17)21/h9H,1-5,7-8H2,(H2,17,21)(H,18,20). The highest BCUT2D eigenvalue weighted by molar-refractivity contribution is 7.16. The molecule has 0 radical (unpaired) electrons. The van der Waals surface area contributed by atoms with Crippen molar-refractivity contribution in [3.8, 4) is 6.07 Å². The molecule has 0 spiro atoms. The fraction of sp³-hybridized carbons (Fsp3) is 0.533. The zero-order chi connectivity index (χ0) is 15.7. The molecule has 2 amide bonds. The summed E-state index contributed by atoms with van der Waals surface area (Å²) in [4.78, 5) is 26.5. The summed E-state index contributed by atoms with van der Waals surface area (Å²) in [6, 6.07) is 2.22. The molecule has 7 heteroatoms. The number of anilines is 1. The predicted molar refractivity (Wildman–Crippen MR) is 83.4 cm³/mol. The van der Waals surface area contributed by atoms with Gasteiger partial charge in [-0.15, -0.1) is 11.3 Å². The molecule has 3 N–H and O–H groups in total. The molecule has 3 rings (SSSR count). The number of aryl methyl sites for hydroxylation is 1. The molecule has 0 saturated carbocycles. The lowest BCUT2D eigenvalue weighted by Crippen LogP contribution is -2.33. The zero-order valence-electron chi connectivity index (χ0n) is 12.2. The van der Waals surface area contributed by atoms with Gasteiger partial charge in [-0.05, 0) is 37.8 Å². The lowest BCUT2D eigenvalue weighted by atomic mass is 10.1. The van der Waals surface area contributed by atoms with E-state index in [4.69, 9.17) is 5.73 Å². The summed E-state index contributed by atoms with van der Waals surface area (Å²) in [6.07, 6.45) is 3.72. The van der Waals surface area contributed by atoms with Crippen molar-refractivity contribution in [2.24, 2.45) is 11.7 Å². The fourth-order valence-corrected chi connectivity index (χ4v) is 4.44. The minimum absolute atomic E-state index is 0.137. The molecule has 1 aliphatic heterocycles. The van der Waals surface area contributed by atoms with Gasteiger partial charge < -0.3 is 11.1 Å². The van der Waals surface area contributed by atoms with Crippen molar-refractivity contribution >= 4 is 28.2 Å². The third-order valence-corrected chi connectivity index (χ3v) is 5.54. The van der Waals surface area contributed by atoms with Crippen LogP contribution >= 0.6 is 11.3 Å². The molecular formula is C15H18N4O2S. The molecular weight excluding hydrogens is 300 g/mol. The maximum atomic E-state index is 12.2. The van der Waals surface area contributed by atoms with Gasteiger partial charge in [-0.2, -0.15) is 5.26 Å². The Labute approximate surface area is 132 Å². The summed E-state index contributed by atoms with van der Waals surface area (Å²) < 4.78 is 0. The van der Waals surface area contributed by atoms with E-state index >= 15 is 0 Å². The summed E-state index contributed by atoms with van der Waals surface area (Å²) in [5.74, 6) is -0.598. The number of fused-ring (bicyclic) bond motifs is 1. The summed E-state index contributed by atoms with van der Waals surface area (Å²) in [7, 11) is 0. The number of nitrogens with two attached hydrogens (primary N) is 1. The van der Waals surface area contributed by atoms with Crippen molar-refractivity contribution in [3.05, 3.63) is 16.0 Å². The second-order valence-electron chi connectivity index (χ2n) is 5.84. The molecule has 0 aromatic carbocycles. The average Bonchev–Trinajstić information content (AvgIpc) is 3.13. The molecule has 22 heavy (non-hydrogen) atoms. The number of hydrogen-bond acceptors (Lipinski definition) is 5. The number of carbonyl (C=O) groups excluding carboxylic acids is 2. The van der Waals surface area contributed by atoms with Crippen molar-refractivity contribution < 1.29 is 9.59 Å². The van der Waals surface area contributed by atoms with E-state index in [1.807, 2.05) is 4.90 Å². The largest absolute Gasteiger partial charge is 0.369 e. The number of nitrogens with zero attached hydrogens (tertiary/aromatic N) is 2. The van der Waals surface area contributed by atoms with Crippen LogP contribution in [0.25, 0.3) is 0 Å². The van der Waals surface area contributed by atoms with Crippen LogP contribution < -0.4 is 11.1 Å². The second kappa shape index (κ2) is 6.07. The van der Waals surface area contributed by atoms with E-state index in [1.54, 1.807) is 0 Å². The first-order valence-electron chi connectivity index (χ1n) is 7.44. The summed E-state index contributed by atoms with van der Waals surface area (Å²) in [5.41, 5.74) is 7.03.